The fraction of sp³-hybridized carbons (Fsp3) is 0.240. The van der Waals surface area contributed by atoms with E-state index in [1.54, 1.807) is 49.4 Å². The highest BCUT2D eigenvalue weighted by Gasteiger charge is 2.18. The van der Waals surface area contributed by atoms with Gasteiger partial charge in [0.05, 0.1) is 17.1 Å². The van der Waals surface area contributed by atoms with E-state index in [4.69, 9.17) is 4.74 Å². The molecule has 0 atom stereocenters. The lowest BCUT2D eigenvalue weighted by molar-refractivity contribution is 0.0946. The molecule has 0 aliphatic carbocycles. The highest BCUT2D eigenvalue weighted by molar-refractivity contribution is 7.92. The Morgan fingerprint density at radius 2 is 1.59 bits per heavy atom. The van der Waals surface area contributed by atoms with Crippen LogP contribution in [-0.4, -0.2) is 27.5 Å². The first kappa shape index (κ1) is 23.3. The first-order valence-electron chi connectivity index (χ1n) is 10.3. The third-order valence-electron chi connectivity index (χ3n) is 5.13. The quantitative estimate of drug-likeness (QED) is 0.492. The van der Waals surface area contributed by atoms with E-state index in [-0.39, 0.29) is 10.8 Å². The molecule has 6 nitrogen and oxygen atoms in total. The van der Waals surface area contributed by atoms with Gasteiger partial charge in [-0.25, -0.2) is 8.42 Å². The van der Waals surface area contributed by atoms with Crippen LogP contribution in [0.5, 0.6) is 5.75 Å². The van der Waals surface area contributed by atoms with E-state index in [2.05, 4.69) is 10.0 Å². The Morgan fingerprint density at radius 1 is 0.906 bits per heavy atom. The molecule has 0 spiro atoms. The smallest absolute Gasteiger partial charge is 0.261 e. The Bertz CT molecular complexity index is 1220. The highest BCUT2D eigenvalue weighted by atomic mass is 32.2. The molecule has 7 heteroatoms. The van der Waals surface area contributed by atoms with Gasteiger partial charge in [0.2, 0.25) is 0 Å². The van der Waals surface area contributed by atoms with Gasteiger partial charge in [-0.15, -0.1) is 0 Å². The minimum absolute atomic E-state index is 0.168. The molecular formula is C25H28N2O4S. The summed E-state index contributed by atoms with van der Waals surface area (Å²) >= 11 is 0. The van der Waals surface area contributed by atoms with Gasteiger partial charge >= 0.3 is 0 Å². The number of ether oxygens (including phenoxy) is 1. The molecule has 2 N–H and O–H groups in total. The monoisotopic (exact) mass is 452 g/mol. The van der Waals surface area contributed by atoms with Crippen LogP contribution in [0.2, 0.25) is 0 Å². The van der Waals surface area contributed by atoms with E-state index in [0.29, 0.717) is 30.0 Å². The van der Waals surface area contributed by atoms with Crippen molar-refractivity contribution in [2.75, 3.05) is 17.9 Å². The van der Waals surface area contributed by atoms with E-state index in [9.17, 15) is 13.2 Å². The minimum Gasteiger partial charge on any atom is -0.491 e. The summed E-state index contributed by atoms with van der Waals surface area (Å²) < 4.78 is 33.8. The molecule has 0 unspecified atom stereocenters. The lowest BCUT2D eigenvalue weighted by atomic mass is 10.1. The van der Waals surface area contributed by atoms with Gasteiger partial charge in [-0.2, -0.15) is 0 Å². The molecule has 0 bridgehead atoms. The Morgan fingerprint density at radius 3 is 2.28 bits per heavy atom. The van der Waals surface area contributed by atoms with Crippen molar-refractivity contribution in [1.82, 2.24) is 5.32 Å². The predicted molar refractivity (Wildman–Crippen MR) is 127 cm³/mol. The van der Waals surface area contributed by atoms with E-state index >= 15 is 0 Å². The summed E-state index contributed by atoms with van der Waals surface area (Å²) in [6.45, 7) is 8.26. The van der Waals surface area contributed by atoms with Crippen LogP contribution in [0.25, 0.3) is 0 Å². The van der Waals surface area contributed by atoms with Gasteiger partial charge in [0.25, 0.3) is 15.9 Å². The zero-order valence-corrected chi connectivity index (χ0v) is 19.5. The van der Waals surface area contributed by atoms with Crippen LogP contribution in [-0.2, 0) is 10.0 Å². The second-order valence-electron chi connectivity index (χ2n) is 7.77. The van der Waals surface area contributed by atoms with Crippen LogP contribution in [0.15, 0.2) is 65.6 Å². The molecular weight excluding hydrogens is 424 g/mol. The van der Waals surface area contributed by atoms with Crippen LogP contribution in [0, 0.1) is 27.7 Å². The number of rotatable bonds is 8. The SMILES string of the molecule is Cc1ccc(S(=O)(=O)Nc2cccc(C(=O)NCCOc3ccc(C)cc3C)c2C)cc1. The molecule has 0 aliphatic heterocycles. The van der Waals surface area contributed by atoms with Gasteiger partial charge in [0, 0.05) is 5.56 Å². The van der Waals surface area contributed by atoms with Gasteiger partial charge in [-0.05, 0) is 69.2 Å². The summed E-state index contributed by atoms with van der Waals surface area (Å²) in [6, 6.07) is 17.5. The van der Waals surface area contributed by atoms with Gasteiger partial charge < -0.3 is 10.1 Å². The number of amides is 1. The lowest BCUT2D eigenvalue weighted by Gasteiger charge is -2.14. The van der Waals surface area contributed by atoms with Crippen molar-refractivity contribution in [2.45, 2.75) is 32.6 Å². The van der Waals surface area contributed by atoms with Crippen molar-refractivity contribution >= 4 is 21.6 Å². The largest absolute Gasteiger partial charge is 0.491 e. The van der Waals surface area contributed by atoms with Gasteiger partial charge in [-0.1, -0.05) is 41.5 Å². The van der Waals surface area contributed by atoms with Crippen LogP contribution >= 0.6 is 0 Å². The number of carbonyl (C=O) groups excluding carboxylic acids is 1. The zero-order valence-electron chi connectivity index (χ0n) is 18.7. The maximum absolute atomic E-state index is 12.7. The predicted octanol–water partition coefficient (Wildman–Crippen LogP) is 4.53. The standard InChI is InChI=1S/C25H28N2O4S/c1-17-8-11-21(12-9-17)32(29,30)27-23-7-5-6-22(20(23)4)25(28)26-14-15-31-24-13-10-18(2)16-19(24)3/h5-13,16,27H,14-15H2,1-4H3,(H,26,28). The normalized spacial score (nSPS) is 11.1. The molecule has 0 saturated heterocycles. The van der Waals surface area contributed by atoms with Gasteiger partial charge in [0.1, 0.15) is 12.4 Å². The van der Waals surface area contributed by atoms with Crippen LogP contribution < -0.4 is 14.8 Å². The van der Waals surface area contributed by atoms with Crippen LogP contribution in [0.1, 0.15) is 32.6 Å². The Hall–Kier alpha value is -3.32. The second kappa shape index (κ2) is 9.87. The fourth-order valence-corrected chi connectivity index (χ4v) is 4.42. The van der Waals surface area contributed by atoms with Crippen molar-refractivity contribution in [3.8, 4) is 5.75 Å². The molecule has 3 aromatic carbocycles. The van der Waals surface area contributed by atoms with E-state index < -0.39 is 10.0 Å². The van der Waals surface area contributed by atoms with Crippen molar-refractivity contribution in [3.05, 3.63) is 88.5 Å². The molecule has 1 amide bonds. The molecule has 0 fully saturated rings. The number of hydrogen-bond donors (Lipinski definition) is 2. The first-order valence-corrected chi connectivity index (χ1v) is 11.8. The summed E-state index contributed by atoms with van der Waals surface area (Å²) in [6.07, 6.45) is 0. The van der Waals surface area contributed by atoms with Crippen molar-refractivity contribution in [2.24, 2.45) is 0 Å². The minimum atomic E-state index is -3.76. The lowest BCUT2D eigenvalue weighted by Crippen LogP contribution is -2.29. The molecule has 0 aromatic heterocycles. The summed E-state index contributed by atoms with van der Waals surface area (Å²) in [7, 11) is -3.76. The van der Waals surface area contributed by atoms with Gasteiger partial charge in [0.15, 0.2) is 0 Å². The summed E-state index contributed by atoms with van der Waals surface area (Å²) in [5.41, 5.74) is 4.50. The Balaban J connectivity index is 1.64. The number of nitrogens with one attached hydrogen (secondary N) is 2. The number of sulfonamides is 1. The van der Waals surface area contributed by atoms with Crippen LogP contribution in [0.3, 0.4) is 0 Å². The highest BCUT2D eigenvalue weighted by Crippen LogP contribution is 2.23. The number of hydrogen-bond acceptors (Lipinski definition) is 4. The molecule has 0 radical (unpaired) electrons. The maximum Gasteiger partial charge on any atom is 0.261 e. The Labute approximate surface area is 189 Å². The molecule has 168 valence electrons. The number of benzene rings is 3. The summed E-state index contributed by atoms with van der Waals surface area (Å²) in [5.74, 6) is 0.497. The third kappa shape index (κ3) is 5.68. The number of carbonyl (C=O) groups is 1. The Kier molecular flexibility index (Phi) is 7.20. The van der Waals surface area contributed by atoms with Crippen molar-refractivity contribution < 1.29 is 17.9 Å². The molecule has 32 heavy (non-hydrogen) atoms. The van der Waals surface area contributed by atoms with Crippen molar-refractivity contribution in [1.29, 1.82) is 0 Å². The molecule has 0 aliphatic rings. The maximum atomic E-state index is 12.7. The second-order valence-corrected chi connectivity index (χ2v) is 9.45. The average molecular weight is 453 g/mol. The summed E-state index contributed by atoms with van der Waals surface area (Å²) in [5, 5.41) is 2.83. The number of anilines is 1. The molecule has 3 aromatic rings. The average Bonchev–Trinajstić information content (AvgIpc) is 2.74. The van der Waals surface area contributed by atoms with Gasteiger partial charge in [-0.3, -0.25) is 9.52 Å². The van der Waals surface area contributed by atoms with Crippen molar-refractivity contribution in [3.63, 3.8) is 0 Å². The van der Waals surface area contributed by atoms with E-state index in [0.717, 1.165) is 22.4 Å². The first-order chi connectivity index (χ1) is 15.2. The number of aryl methyl sites for hydroxylation is 3. The molecule has 0 saturated carbocycles. The zero-order chi connectivity index (χ0) is 23.3. The summed E-state index contributed by atoms with van der Waals surface area (Å²) in [4.78, 5) is 12.8. The molecule has 3 rings (SSSR count). The fourth-order valence-electron chi connectivity index (χ4n) is 3.30. The molecule has 0 heterocycles. The third-order valence-corrected chi connectivity index (χ3v) is 6.51. The van der Waals surface area contributed by atoms with Crippen LogP contribution in [0.4, 0.5) is 5.69 Å². The topological polar surface area (TPSA) is 84.5 Å². The van der Waals surface area contributed by atoms with E-state index in [1.807, 2.05) is 39.0 Å². The van der Waals surface area contributed by atoms with E-state index in [1.165, 1.54) is 0 Å².